The summed E-state index contributed by atoms with van der Waals surface area (Å²) < 4.78 is 5.45. The second kappa shape index (κ2) is 6.35. The molecule has 17 heavy (non-hydrogen) atoms. The lowest BCUT2D eigenvalue weighted by molar-refractivity contribution is 0.187. The van der Waals surface area contributed by atoms with Crippen molar-refractivity contribution in [1.82, 2.24) is 0 Å². The molecular weight excluding hydrogens is 216 g/mol. The van der Waals surface area contributed by atoms with Crippen LogP contribution in [0.4, 0.5) is 11.4 Å². The highest BCUT2D eigenvalue weighted by Crippen LogP contribution is 2.31. The van der Waals surface area contributed by atoms with Gasteiger partial charge in [0.15, 0.2) is 0 Å². The summed E-state index contributed by atoms with van der Waals surface area (Å²) in [6, 6.07) is 5.75. The Morgan fingerprint density at radius 2 is 2.18 bits per heavy atom. The van der Waals surface area contributed by atoms with Crippen molar-refractivity contribution in [1.29, 1.82) is 0 Å². The van der Waals surface area contributed by atoms with E-state index in [1.807, 2.05) is 37.1 Å². The van der Waals surface area contributed by atoms with Crippen LogP contribution in [0.1, 0.15) is 20.3 Å². The topological polar surface area (TPSA) is 58.7 Å². The van der Waals surface area contributed by atoms with Gasteiger partial charge in [0.25, 0.3) is 0 Å². The van der Waals surface area contributed by atoms with Crippen molar-refractivity contribution >= 4 is 11.4 Å². The molecule has 1 aromatic carbocycles. The first-order chi connectivity index (χ1) is 8.06. The van der Waals surface area contributed by atoms with E-state index in [1.165, 1.54) is 0 Å². The zero-order valence-corrected chi connectivity index (χ0v) is 10.8. The van der Waals surface area contributed by atoms with Crippen molar-refractivity contribution in [3.8, 4) is 5.75 Å². The zero-order chi connectivity index (χ0) is 12.8. The van der Waals surface area contributed by atoms with E-state index in [2.05, 4.69) is 0 Å². The molecule has 1 atom stereocenters. The molecule has 4 heteroatoms. The van der Waals surface area contributed by atoms with Crippen LogP contribution < -0.4 is 15.4 Å². The molecule has 96 valence electrons. The molecule has 0 spiro atoms. The number of nitrogens with zero attached hydrogens (tertiary/aromatic N) is 1. The van der Waals surface area contributed by atoms with E-state index < -0.39 is 0 Å². The number of hydrogen-bond donors (Lipinski definition) is 2. The molecule has 0 bridgehead atoms. The molecule has 1 unspecified atom stereocenters. The van der Waals surface area contributed by atoms with Gasteiger partial charge in [-0.1, -0.05) is 6.07 Å². The largest absolute Gasteiger partial charge is 0.492 e. The lowest BCUT2D eigenvalue weighted by atomic mass is 10.2. The number of aliphatic hydroxyl groups is 1. The Bertz CT molecular complexity index is 353. The van der Waals surface area contributed by atoms with E-state index >= 15 is 0 Å². The molecule has 4 nitrogen and oxygen atoms in total. The highest BCUT2D eigenvalue weighted by Gasteiger charge is 2.10. The molecule has 0 aromatic heterocycles. The smallest absolute Gasteiger partial charge is 0.144 e. The van der Waals surface area contributed by atoms with Gasteiger partial charge in [-0.05, 0) is 32.4 Å². The molecule has 0 amide bonds. The van der Waals surface area contributed by atoms with E-state index in [9.17, 15) is 5.11 Å². The zero-order valence-electron chi connectivity index (χ0n) is 10.8. The lowest BCUT2D eigenvalue weighted by Crippen LogP contribution is -2.22. The first-order valence-corrected chi connectivity index (χ1v) is 5.96. The fraction of sp³-hybridized carbons (Fsp3) is 0.538. The number of anilines is 2. The molecule has 0 saturated carbocycles. The minimum Gasteiger partial charge on any atom is -0.492 e. The molecule has 0 radical (unpaired) electrons. The van der Waals surface area contributed by atoms with Crippen molar-refractivity contribution in [3.05, 3.63) is 18.2 Å². The van der Waals surface area contributed by atoms with Crippen LogP contribution in [-0.4, -0.2) is 31.4 Å². The molecule has 3 N–H and O–H groups in total. The average molecular weight is 238 g/mol. The quantitative estimate of drug-likeness (QED) is 0.743. The summed E-state index contributed by atoms with van der Waals surface area (Å²) >= 11 is 0. The van der Waals surface area contributed by atoms with E-state index in [1.54, 1.807) is 6.92 Å². The molecule has 0 aliphatic carbocycles. The maximum absolute atomic E-state index is 9.27. The summed E-state index contributed by atoms with van der Waals surface area (Å²) in [4.78, 5) is 2.03. The Balaban J connectivity index is 2.78. The van der Waals surface area contributed by atoms with Crippen LogP contribution in [0.25, 0.3) is 0 Å². The maximum Gasteiger partial charge on any atom is 0.144 e. The summed E-state index contributed by atoms with van der Waals surface area (Å²) in [5, 5.41) is 9.27. The van der Waals surface area contributed by atoms with Gasteiger partial charge >= 0.3 is 0 Å². The predicted molar refractivity (Wildman–Crippen MR) is 71.6 cm³/mol. The molecule has 0 fully saturated rings. The van der Waals surface area contributed by atoms with Crippen LogP contribution in [0.5, 0.6) is 5.75 Å². The second-order valence-corrected chi connectivity index (χ2v) is 4.18. The molecule has 0 heterocycles. The number of hydrogen-bond acceptors (Lipinski definition) is 4. The average Bonchev–Trinajstić information content (AvgIpc) is 2.29. The number of para-hydroxylation sites is 1. The van der Waals surface area contributed by atoms with Gasteiger partial charge in [0.1, 0.15) is 5.75 Å². The number of nitrogen functional groups attached to an aromatic ring is 1. The summed E-state index contributed by atoms with van der Waals surface area (Å²) in [6.45, 7) is 5.08. The highest BCUT2D eigenvalue weighted by molar-refractivity contribution is 5.73. The summed E-state index contributed by atoms with van der Waals surface area (Å²) in [6.07, 6.45) is 0.420. The van der Waals surface area contributed by atoms with Crippen LogP contribution in [0.2, 0.25) is 0 Å². The van der Waals surface area contributed by atoms with E-state index in [0.717, 1.165) is 18.7 Å². The SMILES string of the molecule is CCOc1cccc(N(C)CCC(C)O)c1N. The van der Waals surface area contributed by atoms with Gasteiger partial charge in [-0.3, -0.25) is 0 Å². The molecule has 1 rings (SSSR count). The minimum absolute atomic E-state index is 0.297. The fourth-order valence-electron chi connectivity index (χ4n) is 1.65. The Morgan fingerprint density at radius 3 is 2.76 bits per heavy atom. The standard InChI is InChI=1S/C13H22N2O2/c1-4-17-12-7-5-6-11(13(12)14)15(3)9-8-10(2)16/h5-7,10,16H,4,8-9,14H2,1-3H3. The second-order valence-electron chi connectivity index (χ2n) is 4.18. The molecule has 1 aromatic rings. The third-order valence-corrected chi connectivity index (χ3v) is 2.64. The van der Waals surface area contributed by atoms with Gasteiger partial charge in [-0.2, -0.15) is 0 Å². The number of aliphatic hydroxyl groups excluding tert-OH is 1. The monoisotopic (exact) mass is 238 g/mol. The van der Waals surface area contributed by atoms with Crippen LogP contribution >= 0.6 is 0 Å². The number of ether oxygens (including phenoxy) is 1. The summed E-state index contributed by atoms with van der Waals surface area (Å²) in [5.74, 6) is 0.717. The molecular formula is C13H22N2O2. The fourth-order valence-corrected chi connectivity index (χ4v) is 1.65. The first-order valence-electron chi connectivity index (χ1n) is 5.96. The van der Waals surface area contributed by atoms with Crippen molar-refractivity contribution in [2.24, 2.45) is 0 Å². The van der Waals surface area contributed by atoms with Crippen molar-refractivity contribution in [2.75, 3.05) is 30.8 Å². The normalized spacial score (nSPS) is 12.2. The lowest BCUT2D eigenvalue weighted by Gasteiger charge is -2.23. The highest BCUT2D eigenvalue weighted by atomic mass is 16.5. The maximum atomic E-state index is 9.27. The number of benzene rings is 1. The Hall–Kier alpha value is -1.42. The first kappa shape index (κ1) is 13.6. The number of nitrogens with two attached hydrogens (primary N) is 1. The van der Waals surface area contributed by atoms with Crippen LogP contribution in [0, 0.1) is 0 Å². The number of rotatable bonds is 6. The van der Waals surface area contributed by atoms with Crippen molar-refractivity contribution in [2.45, 2.75) is 26.4 Å². The van der Waals surface area contributed by atoms with Gasteiger partial charge in [-0.25, -0.2) is 0 Å². The van der Waals surface area contributed by atoms with Crippen molar-refractivity contribution in [3.63, 3.8) is 0 Å². The van der Waals surface area contributed by atoms with E-state index in [0.29, 0.717) is 18.0 Å². The predicted octanol–water partition coefficient (Wildman–Crippen LogP) is 1.87. The Kier molecular flexibility index (Phi) is 5.10. The third kappa shape index (κ3) is 3.82. The van der Waals surface area contributed by atoms with Gasteiger partial charge in [0, 0.05) is 13.6 Å². The summed E-state index contributed by atoms with van der Waals surface area (Å²) in [5.41, 5.74) is 7.64. The van der Waals surface area contributed by atoms with E-state index in [4.69, 9.17) is 10.5 Å². The van der Waals surface area contributed by atoms with Crippen LogP contribution in [-0.2, 0) is 0 Å². The third-order valence-electron chi connectivity index (χ3n) is 2.64. The Labute approximate surface area is 103 Å². The van der Waals surface area contributed by atoms with Gasteiger partial charge in [0.2, 0.25) is 0 Å². The van der Waals surface area contributed by atoms with Crippen LogP contribution in [0.3, 0.4) is 0 Å². The van der Waals surface area contributed by atoms with Crippen LogP contribution in [0.15, 0.2) is 18.2 Å². The molecule has 0 aliphatic heterocycles. The van der Waals surface area contributed by atoms with Crippen molar-refractivity contribution < 1.29 is 9.84 Å². The molecule has 0 saturated heterocycles. The van der Waals surface area contributed by atoms with Gasteiger partial charge in [0.05, 0.1) is 24.1 Å². The minimum atomic E-state index is -0.297. The Morgan fingerprint density at radius 1 is 1.47 bits per heavy atom. The van der Waals surface area contributed by atoms with Gasteiger partial charge < -0.3 is 20.5 Å². The van der Waals surface area contributed by atoms with E-state index in [-0.39, 0.29) is 6.10 Å². The molecule has 0 aliphatic rings. The summed E-state index contributed by atoms with van der Waals surface area (Å²) in [7, 11) is 1.96. The van der Waals surface area contributed by atoms with Gasteiger partial charge in [-0.15, -0.1) is 0 Å².